The Labute approximate surface area is 122 Å². The second kappa shape index (κ2) is 5.70. The topological polar surface area (TPSA) is 57.5 Å². The molecule has 0 bridgehead atoms. The lowest BCUT2D eigenvalue weighted by Crippen LogP contribution is -2.24. The average Bonchev–Trinajstić information content (AvgIpc) is 2.70. The van der Waals surface area contributed by atoms with E-state index in [1.807, 2.05) is 6.92 Å². The summed E-state index contributed by atoms with van der Waals surface area (Å²) < 4.78 is 0. The second-order valence-corrected chi connectivity index (χ2v) is 6.14. The van der Waals surface area contributed by atoms with Gasteiger partial charge in [0.15, 0.2) is 0 Å². The number of rotatable bonds is 3. The molecule has 19 heavy (non-hydrogen) atoms. The van der Waals surface area contributed by atoms with Gasteiger partial charge in [0.05, 0.1) is 12.0 Å². The molecule has 0 spiro atoms. The van der Waals surface area contributed by atoms with E-state index < -0.39 is 18.0 Å². The molecule has 4 atom stereocenters. The van der Waals surface area contributed by atoms with Gasteiger partial charge in [-0.3, -0.25) is 4.79 Å². The van der Waals surface area contributed by atoms with Crippen molar-refractivity contribution in [1.82, 2.24) is 0 Å². The van der Waals surface area contributed by atoms with Gasteiger partial charge in [0.25, 0.3) is 0 Å². The minimum absolute atomic E-state index is 0.298. The Morgan fingerprint density at radius 1 is 1.37 bits per heavy atom. The van der Waals surface area contributed by atoms with E-state index in [4.69, 9.17) is 23.2 Å². The Bertz CT molecular complexity index is 490. The SMILES string of the molecule is CC1CC(C(=O)O)C(C(O)c2ccc(Cl)cc2Cl)C1. The molecule has 0 amide bonds. The van der Waals surface area contributed by atoms with Crippen LogP contribution in [0.5, 0.6) is 0 Å². The Kier molecular flexibility index (Phi) is 4.39. The fourth-order valence-electron chi connectivity index (χ4n) is 2.94. The van der Waals surface area contributed by atoms with Gasteiger partial charge < -0.3 is 10.2 Å². The van der Waals surface area contributed by atoms with Gasteiger partial charge in [0.1, 0.15) is 0 Å². The summed E-state index contributed by atoms with van der Waals surface area (Å²) in [6.45, 7) is 2.01. The van der Waals surface area contributed by atoms with Gasteiger partial charge in [0.2, 0.25) is 0 Å². The molecule has 0 aliphatic heterocycles. The Hall–Kier alpha value is -0.770. The second-order valence-electron chi connectivity index (χ2n) is 5.30. The predicted molar refractivity (Wildman–Crippen MR) is 74.4 cm³/mol. The molecule has 1 fully saturated rings. The summed E-state index contributed by atoms with van der Waals surface area (Å²) in [5.41, 5.74) is 0.552. The van der Waals surface area contributed by atoms with Crippen LogP contribution < -0.4 is 0 Å². The van der Waals surface area contributed by atoms with Gasteiger partial charge in [-0.1, -0.05) is 36.2 Å². The first-order valence-corrected chi connectivity index (χ1v) is 7.01. The highest BCUT2D eigenvalue weighted by atomic mass is 35.5. The van der Waals surface area contributed by atoms with E-state index in [-0.39, 0.29) is 5.92 Å². The minimum atomic E-state index is -0.865. The van der Waals surface area contributed by atoms with Crippen molar-refractivity contribution < 1.29 is 15.0 Å². The highest BCUT2D eigenvalue weighted by molar-refractivity contribution is 6.35. The quantitative estimate of drug-likeness (QED) is 0.893. The third-order valence-electron chi connectivity index (χ3n) is 3.85. The van der Waals surface area contributed by atoms with Gasteiger partial charge >= 0.3 is 5.97 Å². The molecule has 1 aliphatic carbocycles. The first-order chi connectivity index (χ1) is 8.90. The average molecular weight is 303 g/mol. The van der Waals surface area contributed by atoms with E-state index in [0.29, 0.717) is 34.4 Å². The van der Waals surface area contributed by atoms with Gasteiger partial charge in [-0.2, -0.15) is 0 Å². The largest absolute Gasteiger partial charge is 0.481 e. The van der Waals surface area contributed by atoms with Crippen molar-refractivity contribution in [1.29, 1.82) is 0 Å². The standard InChI is InChI=1S/C14H16Cl2O3/c1-7-4-10(11(5-7)14(18)19)13(17)9-3-2-8(15)6-12(9)16/h2-3,6-7,10-11,13,17H,4-5H2,1H3,(H,18,19). The molecule has 1 saturated carbocycles. The van der Waals surface area contributed by atoms with Crippen molar-refractivity contribution in [2.75, 3.05) is 0 Å². The van der Waals surface area contributed by atoms with E-state index in [1.54, 1.807) is 18.2 Å². The molecule has 1 aromatic carbocycles. The third kappa shape index (κ3) is 3.04. The fourth-order valence-corrected chi connectivity index (χ4v) is 3.46. The monoisotopic (exact) mass is 302 g/mol. The maximum Gasteiger partial charge on any atom is 0.306 e. The van der Waals surface area contributed by atoms with Crippen molar-refractivity contribution in [2.24, 2.45) is 17.8 Å². The van der Waals surface area contributed by atoms with E-state index in [1.165, 1.54) is 0 Å². The molecule has 1 aromatic rings. The van der Waals surface area contributed by atoms with Crippen LogP contribution >= 0.6 is 23.2 Å². The highest BCUT2D eigenvalue weighted by Crippen LogP contribution is 2.44. The number of aliphatic hydroxyl groups excluding tert-OH is 1. The van der Waals surface area contributed by atoms with Crippen LogP contribution in [0.15, 0.2) is 18.2 Å². The van der Waals surface area contributed by atoms with Crippen molar-refractivity contribution in [3.05, 3.63) is 33.8 Å². The predicted octanol–water partition coefficient (Wildman–Crippen LogP) is 3.77. The normalized spacial score (nSPS) is 28.3. The van der Waals surface area contributed by atoms with Crippen LogP contribution in [0.4, 0.5) is 0 Å². The zero-order valence-electron chi connectivity index (χ0n) is 10.5. The molecular weight excluding hydrogens is 287 g/mol. The maximum atomic E-state index is 11.3. The minimum Gasteiger partial charge on any atom is -0.481 e. The zero-order chi connectivity index (χ0) is 14.2. The van der Waals surface area contributed by atoms with Crippen LogP contribution in [0.1, 0.15) is 31.4 Å². The van der Waals surface area contributed by atoms with E-state index >= 15 is 0 Å². The zero-order valence-corrected chi connectivity index (χ0v) is 12.0. The van der Waals surface area contributed by atoms with E-state index in [2.05, 4.69) is 0 Å². The van der Waals surface area contributed by atoms with Crippen molar-refractivity contribution in [3.63, 3.8) is 0 Å². The Morgan fingerprint density at radius 3 is 2.63 bits per heavy atom. The van der Waals surface area contributed by atoms with Crippen LogP contribution in [0.2, 0.25) is 10.0 Å². The maximum absolute atomic E-state index is 11.3. The molecule has 2 rings (SSSR count). The lowest BCUT2D eigenvalue weighted by atomic mass is 9.87. The summed E-state index contributed by atoms with van der Waals surface area (Å²) in [6.07, 6.45) is 0.426. The third-order valence-corrected chi connectivity index (χ3v) is 4.41. The highest BCUT2D eigenvalue weighted by Gasteiger charge is 2.41. The van der Waals surface area contributed by atoms with Gasteiger partial charge in [-0.25, -0.2) is 0 Å². The molecule has 104 valence electrons. The van der Waals surface area contributed by atoms with Crippen LogP contribution in [-0.4, -0.2) is 16.2 Å². The summed E-state index contributed by atoms with van der Waals surface area (Å²) >= 11 is 11.9. The smallest absolute Gasteiger partial charge is 0.306 e. The summed E-state index contributed by atoms with van der Waals surface area (Å²) in [5.74, 6) is -1.37. The molecule has 3 nitrogen and oxygen atoms in total. The van der Waals surface area contributed by atoms with Crippen molar-refractivity contribution >= 4 is 29.2 Å². The molecule has 0 radical (unpaired) electrons. The van der Waals surface area contributed by atoms with Gasteiger partial charge in [-0.05, 0) is 36.5 Å². The lowest BCUT2D eigenvalue weighted by Gasteiger charge is -2.23. The molecule has 1 aliphatic rings. The fraction of sp³-hybridized carbons (Fsp3) is 0.500. The Balaban J connectivity index is 2.27. The van der Waals surface area contributed by atoms with E-state index in [0.717, 1.165) is 0 Å². The molecule has 0 aromatic heterocycles. The number of hydrogen-bond donors (Lipinski definition) is 2. The molecule has 2 N–H and O–H groups in total. The summed E-state index contributed by atoms with van der Waals surface area (Å²) in [6, 6.07) is 4.88. The van der Waals surface area contributed by atoms with Crippen LogP contribution in [0, 0.1) is 17.8 Å². The number of carboxylic acids is 1. The van der Waals surface area contributed by atoms with Crippen LogP contribution in [-0.2, 0) is 4.79 Å². The Morgan fingerprint density at radius 2 is 2.05 bits per heavy atom. The number of aliphatic carboxylic acids is 1. The van der Waals surface area contributed by atoms with Crippen LogP contribution in [0.3, 0.4) is 0 Å². The summed E-state index contributed by atoms with van der Waals surface area (Å²) in [4.78, 5) is 11.3. The molecule has 0 heterocycles. The summed E-state index contributed by atoms with van der Waals surface area (Å²) in [7, 11) is 0. The number of carbonyl (C=O) groups is 1. The first-order valence-electron chi connectivity index (χ1n) is 6.26. The van der Waals surface area contributed by atoms with Gasteiger partial charge in [-0.15, -0.1) is 0 Å². The number of halogens is 2. The van der Waals surface area contributed by atoms with Crippen molar-refractivity contribution in [2.45, 2.75) is 25.9 Å². The molecule has 5 heteroatoms. The molecule has 0 saturated heterocycles. The number of benzene rings is 1. The molecular formula is C14H16Cl2O3. The lowest BCUT2D eigenvalue weighted by molar-refractivity contribution is -0.144. The van der Waals surface area contributed by atoms with E-state index in [9.17, 15) is 15.0 Å². The van der Waals surface area contributed by atoms with Crippen LogP contribution in [0.25, 0.3) is 0 Å². The molecule has 4 unspecified atom stereocenters. The number of aliphatic hydroxyl groups is 1. The number of carboxylic acid groups (broad SMARTS) is 1. The number of hydrogen-bond acceptors (Lipinski definition) is 2. The van der Waals surface area contributed by atoms with Crippen molar-refractivity contribution in [3.8, 4) is 0 Å². The van der Waals surface area contributed by atoms with Gasteiger partial charge in [0, 0.05) is 16.0 Å². The summed E-state index contributed by atoms with van der Waals surface area (Å²) in [5, 5.41) is 20.6. The first kappa shape index (κ1) is 14.6.